The van der Waals surface area contributed by atoms with Crippen LogP contribution in [0.3, 0.4) is 0 Å². The molecule has 0 unspecified atom stereocenters. The molecule has 0 aliphatic carbocycles. The van der Waals surface area contributed by atoms with Crippen LogP contribution in [0.15, 0.2) is 72.8 Å². The van der Waals surface area contributed by atoms with E-state index in [2.05, 4.69) is 5.32 Å². The number of hydrogen-bond acceptors (Lipinski definition) is 2. The van der Waals surface area contributed by atoms with E-state index in [-0.39, 0.29) is 6.61 Å². The Bertz CT molecular complexity index is 1190. The molecule has 2 nitrogen and oxygen atoms in total. The van der Waals surface area contributed by atoms with Gasteiger partial charge in [0.05, 0.1) is 15.1 Å². The summed E-state index contributed by atoms with van der Waals surface area (Å²) in [4.78, 5) is 0. The Morgan fingerprint density at radius 1 is 0.767 bits per heavy atom. The van der Waals surface area contributed by atoms with E-state index in [1.807, 2.05) is 42.5 Å². The maximum absolute atomic E-state index is 14.1. The summed E-state index contributed by atoms with van der Waals surface area (Å²) in [6.07, 6.45) is 0. The van der Waals surface area contributed by atoms with E-state index in [9.17, 15) is 4.39 Å². The van der Waals surface area contributed by atoms with Crippen molar-refractivity contribution in [2.45, 2.75) is 13.2 Å². The molecule has 0 aliphatic rings. The molecule has 0 fully saturated rings. The van der Waals surface area contributed by atoms with Crippen molar-refractivity contribution in [1.29, 1.82) is 0 Å². The van der Waals surface area contributed by atoms with Gasteiger partial charge in [0.2, 0.25) is 0 Å². The molecular formula is C24H17Cl3FNO. The van der Waals surface area contributed by atoms with Gasteiger partial charge in [-0.2, -0.15) is 0 Å². The topological polar surface area (TPSA) is 21.3 Å². The Labute approximate surface area is 189 Å². The number of fused-ring (bicyclic) bond motifs is 1. The molecule has 0 spiro atoms. The lowest BCUT2D eigenvalue weighted by molar-refractivity contribution is 0.297. The predicted octanol–water partition coefficient (Wildman–Crippen LogP) is 8.13. The van der Waals surface area contributed by atoms with Crippen molar-refractivity contribution in [3.05, 3.63) is 105 Å². The van der Waals surface area contributed by atoms with Crippen LogP contribution in [0.2, 0.25) is 15.1 Å². The second-order valence-electron chi connectivity index (χ2n) is 6.73. The van der Waals surface area contributed by atoms with Crippen LogP contribution in [0.1, 0.15) is 11.1 Å². The monoisotopic (exact) mass is 459 g/mol. The second kappa shape index (κ2) is 9.13. The molecule has 0 aliphatic heterocycles. The predicted molar refractivity (Wildman–Crippen MR) is 123 cm³/mol. The van der Waals surface area contributed by atoms with E-state index >= 15 is 0 Å². The fourth-order valence-corrected chi connectivity index (χ4v) is 3.77. The molecule has 0 amide bonds. The number of benzene rings is 4. The molecule has 0 bridgehead atoms. The lowest BCUT2D eigenvalue weighted by Gasteiger charge is -2.16. The minimum Gasteiger partial charge on any atom is -0.488 e. The normalized spacial score (nSPS) is 10.9. The molecule has 1 N–H and O–H groups in total. The number of nitrogens with one attached hydrogen (secondary N) is 1. The highest BCUT2D eigenvalue weighted by molar-refractivity contribution is 6.42. The second-order valence-corrected chi connectivity index (χ2v) is 7.96. The first-order valence-electron chi connectivity index (χ1n) is 9.28. The average Bonchev–Trinajstić information content (AvgIpc) is 2.74. The molecule has 0 heterocycles. The molecule has 0 atom stereocenters. The first-order chi connectivity index (χ1) is 14.5. The molecular weight excluding hydrogens is 444 g/mol. The smallest absolute Gasteiger partial charge is 0.131 e. The Morgan fingerprint density at radius 3 is 2.40 bits per heavy atom. The van der Waals surface area contributed by atoms with E-state index in [0.717, 1.165) is 22.0 Å². The Hall–Kier alpha value is -2.46. The number of halogens is 4. The van der Waals surface area contributed by atoms with Gasteiger partial charge in [-0.3, -0.25) is 0 Å². The Morgan fingerprint density at radius 2 is 1.60 bits per heavy atom. The summed E-state index contributed by atoms with van der Waals surface area (Å²) < 4.78 is 20.2. The van der Waals surface area contributed by atoms with Crippen LogP contribution < -0.4 is 10.1 Å². The molecule has 6 heteroatoms. The Kier molecular flexibility index (Phi) is 6.33. The first kappa shape index (κ1) is 20.8. The minimum absolute atomic E-state index is 0.0314. The van der Waals surface area contributed by atoms with Crippen molar-refractivity contribution < 1.29 is 9.13 Å². The van der Waals surface area contributed by atoms with Crippen molar-refractivity contribution in [3.63, 3.8) is 0 Å². The lowest BCUT2D eigenvalue weighted by atomic mass is 10.0. The van der Waals surface area contributed by atoms with Crippen LogP contribution >= 0.6 is 34.8 Å². The van der Waals surface area contributed by atoms with Gasteiger partial charge in [0, 0.05) is 23.4 Å². The molecule has 0 saturated heterocycles. The zero-order valence-electron chi connectivity index (χ0n) is 15.8. The van der Waals surface area contributed by atoms with Crippen LogP contribution in [0.25, 0.3) is 10.8 Å². The zero-order valence-corrected chi connectivity index (χ0v) is 18.0. The maximum atomic E-state index is 14.1. The fraction of sp³-hybridized carbons (Fsp3) is 0.0833. The van der Waals surface area contributed by atoms with Gasteiger partial charge in [-0.05, 0) is 47.2 Å². The molecule has 0 aromatic heterocycles. The van der Waals surface area contributed by atoms with Crippen LogP contribution in [0.5, 0.6) is 5.75 Å². The van der Waals surface area contributed by atoms with E-state index in [4.69, 9.17) is 39.5 Å². The van der Waals surface area contributed by atoms with E-state index in [1.165, 1.54) is 6.07 Å². The molecule has 30 heavy (non-hydrogen) atoms. The summed E-state index contributed by atoms with van der Waals surface area (Å²) in [7, 11) is 0. The van der Waals surface area contributed by atoms with Gasteiger partial charge in [0.1, 0.15) is 18.2 Å². The van der Waals surface area contributed by atoms with Crippen molar-refractivity contribution >= 4 is 51.3 Å². The van der Waals surface area contributed by atoms with E-state index in [0.29, 0.717) is 32.9 Å². The van der Waals surface area contributed by atoms with Crippen LogP contribution in [-0.4, -0.2) is 0 Å². The number of rotatable bonds is 6. The fourth-order valence-electron chi connectivity index (χ4n) is 3.25. The molecule has 4 aromatic carbocycles. The summed E-state index contributed by atoms with van der Waals surface area (Å²) in [5.74, 6) is 0.263. The van der Waals surface area contributed by atoms with Gasteiger partial charge in [-0.15, -0.1) is 0 Å². The molecule has 0 saturated carbocycles. The van der Waals surface area contributed by atoms with Crippen molar-refractivity contribution in [2.24, 2.45) is 0 Å². The van der Waals surface area contributed by atoms with Gasteiger partial charge in [-0.25, -0.2) is 4.39 Å². The van der Waals surface area contributed by atoms with Crippen molar-refractivity contribution in [2.75, 3.05) is 5.32 Å². The van der Waals surface area contributed by atoms with Crippen LogP contribution in [0, 0.1) is 5.82 Å². The largest absolute Gasteiger partial charge is 0.488 e. The summed E-state index contributed by atoms with van der Waals surface area (Å²) in [6.45, 7) is 0.517. The third-order valence-corrected chi connectivity index (χ3v) is 5.91. The third kappa shape index (κ3) is 4.49. The molecule has 4 aromatic rings. The van der Waals surface area contributed by atoms with E-state index in [1.54, 1.807) is 24.3 Å². The molecule has 0 radical (unpaired) electrons. The highest BCUT2D eigenvalue weighted by atomic mass is 35.5. The van der Waals surface area contributed by atoms with Crippen molar-refractivity contribution in [1.82, 2.24) is 0 Å². The quantitative estimate of drug-likeness (QED) is 0.313. The third-order valence-electron chi connectivity index (χ3n) is 4.82. The van der Waals surface area contributed by atoms with Gasteiger partial charge in [-0.1, -0.05) is 71.2 Å². The lowest BCUT2D eigenvalue weighted by Crippen LogP contribution is -2.06. The summed E-state index contributed by atoms with van der Waals surface area (Å²) in [6, 6.07) is 21.9. The zero-order chi connectivity index (χ0) is 21.1. The Balaban J connectivity index is 1.64. The highest BCUT2D eigenvalue weighted by Crippen LogP contribution is 2.31. The average molecular weight is 461 g/mol. The van der Waals surface area contributed by atoms with Gasteiger partial charge >= 0.3 is 0 Å². The van der Waals surface area contributed by atoms with Crippen LogP contribution in [-0.2, 0) is 13.2 Å². The summed E-state index contributed by atoms with van der Waals surface area (Å²) in [5.41, 5.74) is 2.11. The van der Waals surface area contributed by atoms with Crippen LogP contribution in [0.4, 0.5) is 10.1 Å². The van der Waals surface area contributed by atoms with Gasteiger partial charge in [0.15, 0.2) is 0 Å². The number of ether oxygens (including phenoxy) is 1. The summed E-state index contributed by atoms with van der Waals surface area (Å²) >= 11 is 18.3. The van der Waals surface area contributed by atoms with Gasteiger partial charge < -0.3 is 10.1 Å². The summed E-state index contributed by atoms with van der Waals surface area (Å²) in [5, 5.41) is 6.80. The van der Waals surface area contributed by atoms with Gasteiger partial charge in [0.25, 0.3) is 0 Å². The highest BCUT2D eigenvalue weighted by Gasteiger charge is 2.13. The molecule has 152 valence electrons. The maximum Gasteiger partial charge on any atom is 0.131 e. The minimum atomic E-state index is -0.390. The SMILES string of the molecule is Fc1cccc(Cl)c1COc1ccc2ccccc2c1CNc1ccc(Cl)c(Cl)c1. The number of hydrogen-bond donors (Lipinski definition) is 1. The van der Waals surface area contributed by atoms with E-state index < -0.39 is 5.82 Å². The molecule has 4 rings (SSSR count). The van der Waals surface area contributed by atoms with Crippen molar-refractivity contribution in [3.8, 4) is 5.75 Å². The first-order valence-corrected chi connectivity index (χ1v) is 10.4. The number of anilines is 1. The standard InChI is InChI=1S/C24H17Cl3FNO/c25-20-6-3-7-23(28)19(20)14-30-24-11-8-15-4-1-2-5-17(15)18(24)13-29-16-9-10-21(26)22(27)12-16/h1-12,29H,13-14H2.